The average Bonchev–Trinajstić information content (AvgIpc) is 3.04. The highest BCUT2D eigenvalue weighted by molar-refractivity contribution is 6.00. The van der Waals surface area contributed by atoms with Gasteiger partial charge in [0.1, 0.15) is 0 Å². The summed E-state index contributed by atoms with van der Waals surface area (Å²) >= 11 is 0. The van der Waals surface area contributed by atoms with Crippen LogP contribution in [0.5, 0.6) is 0 Å². The maximum absolute atomic E-state index is 12.3. The minimum Gasteiger partial charge on any atom is -0.361 e. The Balaban J connectivity index is 1.76. The summed E-state index contributed by atoms with van der Waals surface area (Å²) in [6.07, 6.45) is 5.24. The number of aromatic amines is 1. The van der Waals surface area contributed by atoms with E-state index in [0.29, 0.717) is 12.1 Å². The Morgan fingerprint density at radius 2 is 1.95 bits per heavy atom. The third-order valence-electron chi connectivity index (χ3n) is 3.23. The van der Waals surface area contributed by atoms with E-state index in [1.165, 1.54) is 0 Å². The summed E-state index contributed by atoms with van der Waals surface area (Å²) in [5.74, 6) is -0.0982. The van der Waals surface area contributed by atoms with Gasteiger partial charge in [0, 0.05) is 25.1 Å². The molecule has 0 spiro atoms. The minimum absolute atomic E-state index is 0.0982. The second-order valence-electron chi connectivity index (χ2n) is 4.68. The summed E-state index contributed by atoms with van der Waals surface area (Å²) < 4.78 is 0. The van der Waals surface area contributed by atoms with Gasteiger partial charge in [-0.3, -0.25) is 9.78 Å². The lowest BCUT2D eigenvalue weighted by Crippen LogP contribution is -2.23. The topological polar surface area (TPSA) is 57.8 Å². The van der Waals surface area contributed by atoms with Gasteiger partial charge in [-0.1, -0.05) is 36.4 Å². The van der Waals surface area contributed by atoms with Crippen molar-refractivity contribution in [2.75, 3.05) is 0 Å². The number of pyridine rings is 1. The van der Waals surface area contributed by atoms with E-state index in [1.807, 2.05) is 42.5 Å². The van der Waals surface area contributed by atoms with Crippen molar-refractivity contribution in [3.63, 3.8) is 0 Å². The predicted octanol–water partition coefficient (Wildman–Crippen LogP) is 3.01. The largest absolute Gasteiger partial charge is 0.361 e. The zero-order chi connectivity index (χ0) is 14.5. The van der Waals surface area contributed by atoms with Gasteiger partial charge in [-0.05, 0) is 23.3 Å². The lowest BCUT2D eigenvalue weighted by atomic mass is 10.1. The van der Waals surface area contributed by atoms with Gasteiger partial charge in [-0.2, -0.15) is 0 Å². The number of nitrogens with one attached hydrogen (secondary N) is 2. The van der Waals surface area contributed by atoms with E-state index in [9.17, 15) is 4.79 Å². The maximum atomic E-state index is 12.3. The molecule has 2 heterocycles. The molecular weight excluding hydrogens is 262 g/mol. The van der Waals surface area contributed by atoms with E-state index in [4.69, 9.17) is 0 Å². The van der Waals surface area contributed by atoms with Crippen molar-refractivity contribution < 1.29 is 4.79 Å². The number of H-pyrrole nitrogens is 1. The molecule has 0 aliphatic heterocycles. The number of carbonyl (C=O) groups excluding carboxylic acids is 1. The quantitative estimate of drug-likeness (QED) is 0.770. The summed E-state index contributed by atoms with van der Waals surface area (Å²) in [6, 6.07) is 15.4. The molecule has 3 aromatic rings. The summed E-state index contributed by atoms with van der Waals surface area (Å²) in [5.41, 5.74) is 3.45. The monoisotopic (exact) mass is 277 g/mol. The molecule has 0 aliphatic carbocycles. The maximum Gasteiger partial charge on any atom is 0.253 e. The van der Waals surface area contributed by atoms with Gasteiger partial charge in [0.25, 0.3) is 5.91 Å². The lowest BCUT2D eigenvalue weighted by molar-refractivity contribution is 0.0951. The molecule has 0 atom stereocenters. The minimum atomic E-state index is -0.0982. The van der Waals surface area contributed by atoms with Crippen LogP contribution in [0.2, 0.25) is 0 Å². The molecule has 3 rings (SSSR count). The van der Waals surface area contributed by atoms with Gasteiger partial charge < -0.3 is 10.3 Å². The molecule has 0 aliphatic rings. The number of carbonyl (C=O) groups is 1. The first-order valence-corrected chi connectivity index (χ1v) is 6.74. The van der Waals surface area contributed by atoms with E-state index < -0.39 is 0 Å². The van der Waals surface area contributed by atoms with Crippen LogP contribution in [0.4, 0.5) is 0 Å². The Bertz CT molecular complexity index is 720. The second-order valence-corrected chi connectivity index (χ2v) is 4.68. The first-order chi connectivity index (χ1) is 10.3. The number of rotatable bonds is 4. The van der Waals surface area contributed by atoms with Crippen LogP contribution in [0.15, 0.2) is 67.1 Å². The van der Waals surface area contributed by atoms with Crippen LogP contribution in [0.3, 0.4) is 0 Å². The summed E-state index contributed by atoms with van der Waals surface area (Å²) in [6.45, 7) is 0.464. The molecule has 2 N–H and O–H groups in total. The molecule has 0 radical (unpaired) electrons. The molecule has 1 amide bonds. The van der Waals surface area contributed by atoms with Gasteiger partial charge in [0.05, 0.1) is 11.3 Å². The SMILES string of the molecule is O=C(NCc1cccnc1)c1cc[nH]c1-c1ccccc1. The molecule has 0 fully saturated rings. The zero-order valence-corrected chi connectivity index (χ0v) is 11.4. The van der Waals surface area contributed by atoms with E-state index >= 15 is 0 Å². The standard InChI is InChI=1S/C17H15N3O/c21-17(20-12-13-5-4-9-18-11-13)15-8-10-19-16(15)14-6-2-1-3-7-14/h1-11,19H,12H2,(H,20,21). The van der Waals surface area contributed by atoms with Crippen molar-refractivity contribution >= 4 is 5.91 Å². The Kier molecular flexibility index (Phi) is 3.78. The van der Waals surface area contributed by atoms with Gasteiger partial charge in [0.15, 0.2) is 0 Å². The van der Waals surface area contributed by atoms with Crippen LogP contribution >= 0.6 is 0 Å². The van der Waals surface area contributed by atoms with Crippen molar-refractivity contribution in [3.05, 3.63) is 78.2 Å². The van der Waals surface area contributed by atoms with Crippen LogP contribution in [-0.4, -0.2) is 15.9 Å². The molecular formula is C17H15N3O. The summed E-state index contributed by atoms with van der Waals surface area (Å²) in [7, 11) is 0. The molecule has 4 nitrogen and oxygen atoms in total. The smallest absolute Gasteiger partial charge is 0.253 e. The third-order valence-corrected chi connectivity index (χ3v) is 3.23. The predicted molar refractivity (Wildman–Crippen MR) is 81.6 cm³/mol. The summed E-state index contributed by atoms with van der Waals surface area (Å²) in [4.78, 5) is 19.5. The third kappa shape index (κ3) is 3.00. The van der Waals surface area contributed by atoms with E-state index in [1.54, 1.807) is 24.7 Å². The van der Waals surface area contributed by atoms with Crippen LogP contribution < -0.4 is 5.32 Å². The lowest BCUT2D eigenvalue weighted by Gasteiger charge is -2.06. The van der Waals surface area contributed by atoms with Gasteiger partial charge in [-0.15, -0.1) is 0 Å². The van der Waals surface area contributed by atoms with Crippen LogP contribution in [0.25, 0.3) is 11.3 Å². The molecule has 104 valence electrons. The van der Waals surface area contributed by atoms with Gasteiger partial charge in [-0.25, -0.2) is 0 Å². The fraction of sp³-hybridized carbons (Fsp3) is 0.0588. The molecule has 4 heteroatoms. The second kappa shape index (κ2) is 6.05. The number of nitrogens with zero attached hydrogens (tertiary/aromatic N) is 1. The first kappa shape index (κ1) is 13.1. The van der Waals surface area contributed by atoms with Crippen molar-refractivity contribution in [3.8, 4) is 11.3 Å². The molecule has 0 saturated heterocycles. The Hall–Kier alpha value is -2.88. The van der Waals surface area contributed by atoms with E-state index in [-0.39, 0.29) is 5.91 Å². The number of benzene rings is 1. The number of amides is 1. The van der Waals surface area contributed by atoms with Crippen molar-refractivity contribution in [2.45, 2.75) is 6.54 Å². The van der Waals surface area contributed by atoms with Crippen LogP contribution in [0.1, 0.15) is 15.9 Å². The molecule has 2 aromatic heterocycles. The first-order valence-electron chi connectivity index (χ1n) is 6.74. The average molecular weight is 277 g/mol. The summed E-state index contributed by atoms with van der Waals surface area (Å²) in [5, 5.41) is 2.91. The molecule has 0 saturated carbocycles. The fourth-order valence-corrected chi connectivity index (χ4v) is 2.18. The highest BCUT2D eigenvalue weighted by atomic mass is 16.1. The highest BCUT2D eigenvalue weighted by Gasteiger charge is 2.13. The number of hydrogen-bond donors (Lipinski definition) is 2. The Morgan fingerprint density at radius 3 is 2.71 bits per heavy atom. The molecule has 1 aromatic carbocycles. The Morgan fingerprint density at radius 1 is 1.10 bits per heavy atom. The molecule has 0 unspecified atom stereocenters. The fourth-order valence-electron chi connectivity index (χ4n) is 2.18. The number of aromatic nitrogens is 2. The van der Waals surface area contributed by atoms with Crippen LogP contribution in [-0.2, 0) is 6.54 Å². The van der Waals surface area contributed by atoms with Crippen molar-refractivity contribution in [1.82, 2.24) is 15.3 Å². The van der Waals surface area contributed by atoms with E-state index in [0.717, 1.165) is 16.8 Å². The van der Waals surface area contributed by atoms with Crippen LogP contribution in [0, 0.1) is 0 Å². The van der Waals surface area contributed by atoms with Crippen molar-refractivity contribution in [1.29, 1.82) is 0 Å². The van der Waals surface area contributed by atoms with Crippen molar-refractivity contribution in [2.24, 2.45) is 0 Å². The normalized spacial score (nSPS) is 10.3. The van der Waals surface area contributed by atoms with Gasteiger partial charge in [0.2, 0.25) is 0 Å². The molecule has 21 heavy (non-hydrogen) atoms. The number of hydrogen-bond acceptors (Lipinski definition) is 2. The van der Waals surface area contributed by atoms with E-state index in [2.05, 4.69) is 15.3 Å². The van der Waals surface area contributed by atoms with Gasteiger partial charge >= 0.3 is 0 Å². The zero-order valence-electron chi connectivity index (χ0n) is 11.4. The Labute approximate surface area is 122 Å². The highest BCUT2D eigenvalue weighted by Crippen LogP contribution is 2.21. The molecule has 0 bridgehead atoms.